The van der Waals surface area contributed by atoms with Crippen LogP contribution in [-0.2, 0) is 0 Å². The van der Waals surface area contributed by atoms with Gasteiger partial charge in [-0.1, -0.05) is 15.9 Å². The van der Waals surface area contributed by atoms with Gasteiger partial charge in [0.1, 0.15) is 6.10 Å². The zero-order chi connectivity index (χ0) is 11.7. The number of thiophene rings is 1. The van der Waals surface area contributed by atoms with Gasteiger partial charge in [0.05, 0.1) is 0 Å². The number of nitrogen functional groups attached to an aromatic ring is 1. The van der Waals surface area contributed by atoms with Crippen LogP contribution in [0.4, 0.5) is 5.69 Å². The number of nitrogens with two attached hydrogens (primary N) is 1. The van der Waals surface area contributed by atoms with Crippen LogP contribution in [0.25, 0.3) is 0 Å². The molecule has 2 rings (SSSR count). The first-order valence-electron chi connectivity index (χ1n) is 4.54. The van der Waals surface area contributed by atoms with Crippen LogP contribution in [-0.4, -0.2) is 5.11 Å². The van der Waals surface area contributed by atoms with Crippen LogP contribution in [0, 0.1) is 0 Å². The lowest BCUT2D eigenvalue weighted by molar-refractivity contribution is 0.221. The van der Waals surface area contributed by atoms with E-state index in [9.17, 15) is 5.11 Å². The molecule has 16 heavy (non-hydrogen) atoms. The van der Waals surface area contributed by atoms with Gasteiger partial charge < -0.3 is 10.8 Å². The van der Waals surface area contributed by atoms with E-state index in [2.05, 4.69) is 31.9 Å². The minimum atomic E-state index is -0.696. The molecule has 0 radical (unpaired) electrons. The van der Waals surface area contributed by atoms with Crippen LogP contribution in [0.1, 0.15) is 17.2 Å². The lowest BCUT2D eigenvalue weighted by atomic mass is 10.0. The SMILES string of the molecule is Nc1ccc(Br)cc1C(O)c1cscc1Br. The number of benzene rings is 1. The average Bonchev–Trinajstić information content (AvgIpc) is 2.67. The Morgan fingerprint density at radius 2 is 1.94 bits per heavy atom. The van der Waals surface area contributed by atoms with Crippen LogP contribution in [0.5, 0.6) is 0 Å². The number of hydrogen-bond donors (Lipinski definition) is 2. The molecule has 0 bridgehead atoms. The van der Waals surface area contributed by atoms with E-state index >= 15 is 0 Å². The Morgan fingerprint density at radius 1 is 1.19 bits per heavy atom. The fourth-order valence-electron chi connectivity index (χ4n) is 1.44. The van der Waals surface area contributed by atoms with Gasteiger partial charge in [0, 0.05) is 31.1 Å². The monoisotopic (exact) mass is 361 g/mol. The van der Waals surface area contributed by atoms with E-state index in [0.717, 1.165) is 14.5 Å². The van der Waals surface area contributed by atoms with Gasteiger partial charge >= 0.3 is 0 Å². The van der Waals surface area contributed by atoms with E-state index in [1.54, 1.807) is 6.07 Å². The third kappa shape index (κ3) is 2.32. The van der Waals surface area contributed by atoms with Crippen LogP contribution in [0.2, 0.25) is 0 Å². The third-order valence-corrected chi connectivity index (χ3v) is 4.53. The summed E-state index contributed by atoms with van der Waals surface area (Å²) in [6.45, 7) is 0. The van der Waals surface area contributed by atoms with E-state index < -0.39 is 6.10 Å². The topological polar surface area (TPSA) is 46.2 Å². The molecule has 0 aliphatic rings. The second-order valence-electron chi connectivity index (χ2n) is 3.35. The largest absolute Gasteiger partial charge is 0.398 e. The zero-order valence-corrected chi connectivity index (χ0v) is 12.1. The van der Waals surface area contributed by atoms with Crippen molar-refractivity contribution in [1.29, 1.82) is 0 Å². The van der Waals surface area contributed by atoms with Crippen molar-refractivity contribution in [2.24, 2.45) is 0 Å². The average molecular weight is 363 g/mol. The number of anilines is 1. The summed E-state index contributed by atoms with van der Waals surface area (Å²) < 4.78 is 1.81. The van der Waals surface area contributed by atoms with E-state index in [1.807, 2.05) is 22.9 Å². The van der Waals surface area contributed by atoms with E-state index in [-0.39, 0.29) is 0 Å². The van der Waals surface area contributed by atoms with E-state index in [0.29, 0.717) is 11.3 Å². The Balaban J connectivity index is 2.45. The van der Waals surface area contributed by atoms with Crippen molar-refractivity contribution in [3.8, 4) is 0 Å². The maximum Gasteiger partial charge on any atom is 0.108 e. The summed E-state index contributed by atoms with van der Waals surface area (Å²) in [6.07, 6.45) is -0.696. The van der Waals surface area contributed by atoms with Crippen molar-refractivity contribution in [3.05, 3.63) is 49.0 Å². The molecule has 3 N–H and O–H groups in total. The molecule has 0 saturated heterocycles. The van der Waals surface area contributed by atoms with Crippen molar-refractivity contribution >= 4 is 48.9 Å². The van der Waals surface area contributed by atoms with Crippen LogP contribution in [0.3, 0.4) is 0 Å². The second kappa shape index (κ2) is 4.87. The second-order valence-corrected chi connectivity index (χ2v) is 5.86. The van der Waals surface area contributed by atoms with Crippen molar-refractivity contribution in [1.82, 2.24) is 0 Å². The maximum atomic E-state index is 10.2. The highest BCUT2D eigenvalue weighted by Crippen LogP contribution is 2.34. The Kier molecular flexibility index (Phi) is 3.69. The fourth-order valence-corrected chi connectivity index (χ4v) is 3.35. The summed E-state index contributed by atoms with van der Waals surface area (Å²) >= 11 is 8.32. The Bertz CT molecular complexity index is 512. The van der Waals surface area contributed by atoms with Crippen molar-refractivity contribution in [2.45, 2.75) is 6.10 Å². The molecular weight excluding hydrogens is 354 g/mol. The molecule has 1 aromatic heterocycles. The number of aliphatic hydroxyl groups excluding tert-OH is 1. The van der Waals surface area contributed by atoms with Gasteiger partial charge in [0.15, 0.2) is 0 Å². The minimum absolute atomic E-state index is 0.591. The lowest BCUT2D eigenvalue weighted by Crippen LogP contribution is -2.03. The van der Waals surface area contributed by atoms with Gasteiger partial charge in [-0.05, 0) is 39.5 Å². The van der Waals surface area contributed by atoms with Crippen molar-refractivity contribution < 1.29 is 5.11 Å². The molecule has 0 saturated carbocycles. The summed E-state index contributed by atoms with van der Waals surface area (Å²) in [7, 11) is 0. The molecule has 0 amide bonds. The molecule has 1 unspecified atom stereocenters. The first-order chi connectivity index (χ1) is 7.59. The number of halogens is 2. The zero-order valence-electron chi connectivity index (χ0n) is 8.15. The number of hydrogen-bond acceptors (Lipinski definition) is 3. The molecule has 5 heteroatoms. The standard InChI is InChI=1S/C11H9Br2NOS/c12-6-1-2-10(14)7(3-6)11(15)8-4-16-5-9(8)13/h1-5,11,15H,14H2. The van der Waals surface area contributed by atoms with E-state index in [4.69, 9.17) is 5.73 Å². The highest BCUT2D eigenvalue weighted by atomic mass is 79.9. The first-order valence-corrected chi connectivity index (χ1v) is 7.07. The molecule has 0 aliphatic carbocycles. The quantitative estimate of drug-likeness (QED) is 0.795. The third-order valence-electron chi connectivity index (χ3n) is 2.28. The summed E-state index contributed by atoms with van der Waals surface area (Å²) in [5.41, 5.74) is 8.00. The van der Waals surface area contributed by atoms with Crippen LogP contribution in [0.15, 0.2) is 37.9 Å². The van der Waals surface area contributed by atoms with E-state index in [1.165, 1.54) is 11.3 Å². The fraction of sp³-hybridized carbons (Fsp3) is 0.0909. The first kappa shape index (κ1) is 12.1. The molecule has 84 valence electrons. The molecular formula is C11H9Br2NOS. The Hall–Kier alpha value is -0.360. The summed E-state index contributed by atoms with van der Waals surface area (Å²) in [6, 6.07) is 5.47. The Labute approximate surface area is 114 Å². The molecule has 1 aromatic carbocycles. The Morgan fingerprint density at radius 3 is 2.56 bits per heavy atom. The minimum Gasteiger partial charge on any atom is -0.398 e. The summed E-state index contributed by atoms with van der Waals surface area (Å²) in [5.74, 6) is 0. The van der Waals surface area contributed by atoms with Gasteiger partial charge in [-0.3, -0.25) is 0 Å². The highest BCUT2D eigenvalue weighted by Gasteiger charge is 2.17. The lowest BCUT2D eigenvalue weighted by Gasteiger charge is -2.13. The number of rotatable bonds is 2. The summed E-state index contributed by atoms with van der Waals surface area (Å²) in [5, 5.41) is 14.1. The van der Waals surface area contributed by atoms with Gasteiger partial charge in [-0.15, -0.1) is 0 Å². The molecule has 1 atom stereocenters. The van der Waals surface area contributed by atoms with Gasteiger partial charge in [-0.2, -0.15) is 11.3 Å². The summed E-state index contributed by atoms with van der Waals surface area (Å²) in [4.78, 5) is 0. The maximum absolute atomic E-state index is 10.2. The number of aliphatic hydroxyl groups is 1. The molecule has 0 fully saturated rings. The van der Waals surface area contributed by atoms with Crippen molar-refractivity contribution in [3.63, 3.8) is 0 Å². The van der Waals surface area contributed by atoms with Crippen molar-refractivity contribution in [2.75, 3.05) is 5.73 Å². The van der Waals surface area contributed by atoms with Gasteiger partial charge in [0.2, 0.25) is 0 Å². The highest BCUT2D eigenvalue weighted by molar-refractivity contribution is 9.10. The van der Waals surface area contributed by atoms with Crippen LogP contribution >= 0.6 is 43.2 Å². The molecule has 0 spiro atoms. The molecule has 0 aliphatic heterocycles. The van der Waals surface area contributed by atoms with Crippen LogP contribution < -0.4 is 5.73 Å². The molecule has 1 heterocycles. The molecule has 2 nitrogen and oxygen atoms in total. The normalized spacial score (nSPS) is 12.7. The predicted octanol–water partition coefficient (Wildman–Crippen LogP) is 3.94. The van der Waals surface area contributed by atoms with Gasteiger partial charge in [-0.25, -0.2) is 0 Å². The predicted molar refractivity (Wildman–Crippen MR) is 74.6 cm³/mol. The smallest absolute Gasteiger partial charge is 0.108 e. The molecule has 2 aromatic rings. The van der Waals surface area contributed by atoms with Gasteiger partial charge in [0.25, 0.3) is 0 Å².